The Morgan fingerprint density at radius 1 is 1.50 bits per heavy atom. The highest BCUT2D eigenvalue weighted by molar-refractivity contribution is 7.99. The van der Waals surface area contributed by atoms with Crippen LogP contribution in [0.1, 0.15) is 12.8 Å². The Kier molecular flexibility index (Phi) is 5.26. The van der Waals surface area contributed by atoms with Gasteiger partial charge in [-0.25, -0.2) is 8.42 Å². The third kappa shape index (κ3) is 5.88. The van der Waals surface area contributed by atoms with Gasteiger partial charge in [0.25, 0.3) is 0 Å². The van der Waals surface area contributed by atoms with Gasteiger partial charge >= 0.3 is 0 Å². The molecule has 0 aliphatic carbocycles. The molecule has 0 amide bonds. The van der Waals surface area contributed by atoms with Crippen LogP contribution in [0, 0.1) is 5.92 Å². The Morgan fingerprint density at radius 2 is 2.29 bits per heavy atom. The van der Waals surface area contributed by atoms with E-state index in [4.69, 9.17) is 0 Å². The third-order valence-electron chi connectivity index (χ3n) is 2.33. The van der Waals surface area contributed by atoms with Crippen molar-refractivity contribution in [2.45, 2.75) is 12.8 Å². The van der Waals surface area contributed by atoms with Crippen LogP contribution in [0.25, 0.3) is 0 Å². The summed E-state index contributed by atoms with van der Waals surface area (Å²) in [7, 11) is -2.77. The molecule has 1 N–H and O–H groups in total. The van der Waals surface area contributed by atoms with Crippen LogP contribution in [-0.2, 0) is 9.84 Å². The first-order valence-electron chi connectivity index (χ1n) is 5.04. The lowest BCUT2D eigenvalue weighted by Gasteiger charge is -2.09. The van der Waals surface area contributed by atoms with Gasteiger partial charge in [0.2, 0.25) is 0 Å². The second kappa shape index (κ2) is 5.98. The van der Waals surface area contributed by atoms with Crippen molar-refractivity contribution in [3.8, 4) is 0 Å². The summed E-state index contributed by atoms with van der Waals surface area (Å²) in [5, 5.41) is 3.32. The summed E-state index contributed by atoms with van der Waals surface area (Å²) < 4.78 is 21.6. The van der Waals surface area contributed by atoms with Crippen molar-refractivity contribution in [1.29, 1.82) is 0 Å². The lowest BCUT2D eigenvalue weighted by molar-refractivity contribution is 0.521. The van der Waals surface area contributed by atoms with E-state index in [1.807, 2.05) is 11.8 Å². The molecule has 14 heavy (non-hydrogen) atoms. The molecular weight excluding hydrogens is 218 g/mol. The van der Waals surface area contributed by atoms with Crippen LogP contribution < -0.4 is 5.32 Å². The fourth-order valence-electron chi connectivity index (χ4n) is 1.51. The second-order valence-corrected chi connectivity index (χ2v) is 7.33. The van der Waals surface area contributed by atoms with Crippen molar-refractivity contribution < 1.29 is 8.42 Å². The zero-order valence-corrected chi connectivity index (χ0v) is 10.3. The van der Waals surface area contributed by atoms with E-state index in [1.54, 1.807) is 0 Å². The van der Waals surface area contributed by atoms with Crippen LogP contribution in [0.2, 0.25) is 0 Å². The Bertz CT molecular complexity index is 246. The van der Waals surface area contributed by atoms with Gasteiger partial charge in [-0.05, 0) is 43.4 Å². The molecule has 0 aromatic rings. The van der Waals surface area contributed by atoms with Gasteiger partial charge in [-0.1, -0.05) is 0 Å². The number of sulfone groups is 1. The second-order valence-electron chi connectivity index (χ2n) is 3.92. The largest absolute Gasteiger partial charge is 0.316 e. The van der Waals surface area contributed by atoms with E-state index in [9.17, 15) is 8.42 Å². The SMILES string of the molecule is CS(=O)(=O)CCCNCC1CCSC1. The minimum atomic E-state index is -2.77. The van der Waals surface area contributed by atoms with Crippen LogP contribution >= 0.6 is 11.8 Å². The average Bonchev–Trinajstić information content (AvgIpc) is 2.54. The van der Waals surface area contributed by atoms with E-state index in [0.29, 0.717) is 5.75 Å². The molecule has 0 radical (unpaired) electrons. The Morgan fingerprint density at radius 3 is 2.86 bits per heavy atom. The highest BCUT2D eigenvalue weighted by atomic mass is 32.2. The maximum Gasteiger partial charge on any atom is 0.147 e. The molecule has 1 aliphatic rings. The number of thioether (sulfide) groups is 1. The van der Waals surface area contributed by atoms with Gasteiger partial charge in [-0.3, -0.25) is 0 Å². The normalized spacial score (nSPS) is 22.8. The van der Waals surface area contributed by atoms with Gasteiger partial charge in [0, 0.05) is 6.26 Å². The minimum absolute atomic E-state index is 0.305. The third-order valence-corrected chi connectivity index (χ3v) is 4.59. The number of nitrogens with one attached hydrogen (secondary N) is 1. The average molecular weight is 237 g/mol. The zero-order valence-electron chi connectivity index (χ0n) is 8.66. The van der Waals surface area contributed by atoms with E-state index in [2.05, 4.69) is 5.32 Å². The summed E-state index contributed by atoms with van der Waals surface area (Å²) in [4.78, 5) is 0. The van der Waals surface area contributed by atoms with E-state index < -0.39 is 9.84 Å². The van der Waals surface area contributed by atoms with E-state index in [1.165, 1.54) is 24.2 Å². The maximum atomic E-state index is 10.8. The van der Waals surface area contributed by atoms with Crippen molar-refractivity contribution in [2.24, 2.45) is 5.92 Å². The predicted molar refractivity (Wildman–Crippen MR) is 62.6 cm³/mol. The van der Waals surface area contributed by atoms with Gasteiger partial charge in [0.1, 0.15) is 9.84 Å². The quantitative estimate of drug-likeness (QED) is 0.693. The standard InChI is InChI=1S/C9H19NO2S2/c1-14(11,12)6-2-4-10-7-9-3-5-13-8-9/h9-10H,2-8H2,1H3. The molecule has 1 rings (SSSR count). The van der Waals surface area contributed by atoms with Gasteiger partial charge in [-0.15, -0.1) is 0 Å². The van der Waals surface area contributed by atoms with Crippen molar-refractivity contribution >= 4 is 21.6 Å². The summed E-state index contributed by atoms with van der Waals surface area (Å²) in [6.07, 6.45) is 3.34. The van der Waals surface area contributed by atoms with Gasteiger partial charge in [-0.2, -0.15) is 11.8 Å². The Hall–Kier alpha value is 0.260. The smallest absolute Gasteiger partial charge is 0.147 e. The first-order valence-corrected chi connectivity index (χ1v) is 8.25. The Labute approximate surface area is 91.0 Å². The molecule has 5 heteroatoms. The number of hydrogen-bond donors (Lipinski definition) is 1. The molecule has 1 saturated heterocycles. The summed E-state index contributed by atoms with van der Waals surface area (Å²) in [6, 6.07) is 0. The molecule has 1 fully saturated rings. The van der Waals surface area contributed by atoms with Gasteiger partial charge < -0.3 is 5.32 Å². The van der Waals surface area contributed by atoms with E-state index in [0.717, 1.165) is 25.4 Å². The van der Waals surface area contributed by atoms with Crippen LogP contribution in [0.5, 0.6) is 0 Å². The predicted octanol–water partition coefficient (Wildman–Crippen LogP) is 0.764. The van der Waals surface area contributed by atoms with Crippen LogP contribution in [0.3, 0.4) is 0 Å². The molecule has 0 aromatic carbocycles. The lowest BCUT2D eigenvalue weighted by Crippen LogP contribution is -2.25. The van der Waals surface area contributed by atoms with Crippen molar-refractivity contribution in [1.82, 2.24) is 5.32 Å². The number of hydrogen-bond acceptors (Lipinski definition) is 4. The zero-order chi connectivity index (χ0) is 10.4. The molecule has 0 spiro atoms. The first kappa shape index (κ1) is 12.3. The lowest BCUT2D eigenvalue weighted by atomic mass is 10.1. The monoisotopic (exact) mass is 237 g/mol. The molecule has 3 nitrogen and oxygen atoms in total. The van der Waals surface area contributed by atoms with Gasteiger partial charge in [0.15, 0.2) is 0 Å². The fourth-order valence-corrected chi connectivity index (χ4v) is 3.46. The van der Waals surface area contributed by atoms with Crippen molar-refractivity contribution in [3.63, 3.8) is 0 Å². The van der Waals surface area contributed by atoms with E-state index >= 15 is 0 Å². The summed E-state index contributed by atoms with van der Waals surface area (Å²) in [5.41, 5.74) is 0. The minimum Gasteiger partial charge on any atom is -0.316 e. The molecular formula is C9H19NO2S2. The summed E-state index contributed by atoms with van der Waals surface area (Å²) >= 11 is 2.01. The topological polar surface area (TPSA) is 46.2 Å². The molecule has 1 unspecified atom stereocenters. The molecule has 1 atom stereocenters. The molecule has 84 valence electrons. The van der Waals surface area contributed by atoms with Crippen LogP contribution in [-0.4, -0.2) is 45.0 Å². The van der Waals surface area contributed by atoms with Crippen LogP contribution in [0.4, 0.5) is 0 Å². The van der Waals surface area contributed by atoms with Crippen molar-refractivity contribution in [3.05, 3.63) is 0 Å². The van der Waals surface area contributed by atoms with Crippen molar-refractivity contribution in [2.75, 3.05) is 36.6 Å². The van der Waals surface area contributed by atoms with Gasteiger partial charge in [0.05, 0.1) is 5.75 Å². The molecule has 0 aromatic heterocycles. The molecule has 0 saturated carbocycles. The summed E-state index contributed by atoms with van der Waals surface area (Å²) in [5.74, 6) is 3.66. The summed E-state index contributed by atoms with van der Waals surface area (Å²) in [6.45, 7) is 1.88. The maximum absolute atomic E-state index is 10.8. The number of rotatable bonds is 6. The van der Waals surface area contributed by atoms with E-state index in [-0.39, 0.29) is 0 Å². The molecule has 1 aliphatic heterocycles. The molecule has 0 bridgehead atoms. The van der Waals surface area contributed by atoms with Crippen LogP contribution in [0.15, 0.2) is 0 Å². The Balaban J connectivity index is 1.94. The molecule has 1 heterocycles. The first-order chi connectivity index (χ1) is 6.58. The highest BCUT2D eigenvalue weighted by Gasteiger charge is 2.14. The highest BCUT2D eigenvalue weighted by Crippen LogP contribution is 2.22. The fraction of sp³-hybridized carbons (Fsp3) is 1.00.